The molecule has 33 heavy (non-hydrogen) atoms. The standard InChI is InChI=1S/C27H39N3O3/c1-3-18-33-26(32)30-22-10-8-21(9-11-23(30)13-12-22)28-16-14-27(15-17-28)19-29(20(2)31)25-7-5-4-6-24(25)27/h4-7,21-23H,3,8-19H2,1-2H3. The number of likely N-dealkylation sites (tertiary alicyclic amines) is 1. The summed E-state index contributed by atoms with van der Waals surface area (Å²) in [7, 11) is 0. The zero-order valence-corrected chi connectivity index (χ0v) is 20.3. The first-order chi connectivity index (χ1) is 16.0. The van der Waals surface area contributed by atoms with Crippen molar-refractivity contribution in [1.82, 2.24) is 9.80 Å². The number of piperidine rings is 1. The van der Waals surface area contributed by atoms with Gasteiger partial charge in [-0.3, -0.25) is 4.79 Å². The molecule has 6 nitrogen and oxygen atoms in total. The topological polar surface area (TPSA) is 53.1 Å². The highest BCUT2D eigenvalue weighted by Crippen LogP contribution is 2.47. The van der Waals surface area contributed by atoms with Crippen LogP contribution in [0.4, 0.5) is 10.5 Å². The second-order valence-corrected chi connectivity index (χ2v) is 10.7. The number of rotatable bonds is 3. The molecule has 180 valence electrons. The summed E-state index contributed by atoms with van der Waals surface area (Å²) in [6, 6.07) is 9.84. The number of ether oxygens (including phenoxy) is 1. The van der Waals surface area contributed by atoms with Gasteiger partial charge in [0.15, 0.2) is 0 Å². The molecule has 3 saturated heterocycles. The Hall–Kier alpha value is -2.08. The quantitative estimate of drug-likeness (QED) is 0.665. The minimum Gasteiger partial charge on any atom is -0.449 e. The molecule has 0 N–H and O–H groups in total. The van der Waals surface area contributed by atoms with Gasteiger partial charge in [-0.1, -0.05) is 25.1 Å². The molecule has 1 aromatic rings. The van der Waals surface area contributed by atoms with Crippen molar-refractivity contribution in [3.63, 3.8) is 0 Å². The highest BCUT2D eigenvalue weighted by atomic mass is 16.6. The molecule has 4 aliphatic rings. The summed E-state index contributed by atoms with van der Waals surface area (Å²) in [6.45, 7) is 7.29. The number of anilines is 1. The van der Waals surface area contributed by atoms with Gasteiger partial charge in [-0.05, 0) is 82.5 Å². The summed E-state index contributed by atoms with van der Waals surface area (Å²) < 4.78 is 5.51. The third kappa shape index (κ3) is 4.16. The normalized spacial score (nSPS) is 29.0. The fourth-order valence-electron chi connectivity index (χ4n) is 7.03. The average Bonchev–Trinajstić information content (AvgIpc) is 3.39. The van der Waals surface area contributed by atoms with Crippen LogP contribution in [0.25, 0.3) is 0 Å². The van der Waals surface area contributed by atoms with Crippen molar-refractivity contribution in [2.24, 2.45) is 0 Å². The predicted molar refractivity (Wildman–Crippen MR) is 129 cm³/mol. The predicted octanol–water partition coefficient (Wildman–Crippen LogP) is 4.71. The van der Waals surface area contributed by atoms with Gasteiger partial charge >= 0.3 is 6.09 Å². The van der Waals surface area contributed by atoms with Crippen LogP contribution in [-0.4, -0.2) is 66.2 Å². The Bertz CT molecular complexity index is 863. The number of carbonyl (C=O) groups excluding carboxylic acids is 2. The lowest BCUT2D eigenvalue weighted by Crippen LogP contribution is -2.50. The zero-order chi connectivity index (χ0) is 23.0. The van der Waals surface area contributed by atoms with E-state index < -0.39 is 0 Å². The van der Waals surface area contributed by atoms with Gasteiger partial charge in [0.2, 0.25) is 5.91 Å². The minimum atomic E-state index is -0.0855. The van der Waals surface area contributed by atoms with Crippen molar-refractivity contribution in [2.45, 2.75) is 95.2 Å². The molecule has 6 heteroatoms. The molecule has 2 unspecified atom stereocenters. The lowest BCUT2D eigenvalue weighted by atomic mass is 9.74. The van der Waals surface area contributed by atoms with Crippen LogP contribution >= 0.6 is 0 Å². The second-order valence-electron chi connectivity index (χ2n) is 10.7. The number of hydrogen-bond donors (Lipinski definition) is 0. The van der Waals surface area contributed by atoms with E-state index in [0.29, 0.717) is 24.7 Å². The second kappa shape index (κ2) is 9.28. The molecule has 5 rings (SSSR count). The van der Waals surface area contributed by atoms with Gasteiger partial charge in [-0.15, -0.1) is 0 Å². The summed E-state index contributed by atoms with van der Waals surface area (Å²) in [6.07, 6.45) is 9.78. The monoisotopic (exact) mass is 453 g/mol. The Morgan fingerprint density at radius 2 is 1.58 bits per heavy atom. The lowest BCUT2D eigenvalue weighted by Gasteiger charge is -2.44. The maximum atomic E-state index is 12.7. The Morgan fingerprint density at radius 1 is 0.970 bits per heavy atom. The van der Waals surface area contributed by atoms with Gasteiger partial charge in [0.25, 0.3) is 0 Å². The maximum Gasteiger partial charge on any atom is 0.410 e. The van der Waals surface area contributed by atoms with Crippen LogP contribution in [0.3, 0.4) is 0 Å². The Labute approximate surface area is 198 Å². The molecule has 0 aliphatic carbocycles. The lowest BCUT2D eigenvalue weighted by molar-refractivity contribution is -0.116. The van der Waals surface area contributed by atoms with Crippen LogP contribution in [0.1, 0.15) is 77.2 Å². The largest absolute Gasteiger partial charge is 0.449 e. The average molecular weight is 454 g/mol. The van der Waals surface area contributed by atoms with Crippen molar-refractivity contribution in [2.75, 3.05) is 31.1 Å². The van der Waals surface area contributed by atoms with Gasteiger partial charge in [-0.25, -0.2) is 4.79 Å². The van der Waals surface area contributed by atoms with Crippen molar-refractivity contribution < 1.29 is 14.3 Å². The smallest absolute Gasteiger partial charge is 0.410 e. The Balaban J connectivity index is 1.22. The number of nitrogens with zero attached hydrogens (tertiary/aromatic N) is 3. The Morgan fingerprint density at radius 3 is 2.18 bits per heavy atom. The van der Waals surface area contributed by atoms with E-state index in [0.717, 1.165) is 83.1 Å². The highest BCUT2D eigenvalue weighted by molar-refractivity contribution is 5.94. The molecule has 2 atom stereocenters. The van der Waals surface area contributed by atoms with E-state index in [4.69, 9.17) is 4.74 Å². The van der Waals surface area contributed by atoms with Crippen molar-refractivity contribution >= 4 is 17.7 Å². The summed E-state index contributed by atoms with van der Waals surface area (Å²) in [4.78, 5) is 31.7. The van der Waals surface area contributed by atoms with Gasteiger partial charge in [0, 0.05) is 42.7 Å². The van der Waals surface area contributed by atoms with E-state index in [1.165, 1.54) is 5.56 Å². The van der Waals surface area contributed by atoms with Crippen molar-refractivity contribution in [1.29, 1.82) is 0 Å². The molecule has 0 aromatic heterocycles. The fourth-order valence-corrected chi connectivity index (χ4v) is 7.03. The van der Waals surface area contributed by atoms with Crippen LogP contribution in [0.5, 0.6) is 0 Å². The van der Waals surface area contributed by atoms with Crippen LogP contribution in [0.15, 0.2) is 24.3 Å². The molecule has 1 aromatic carbocycles. The molecular formula is C27H39N3O3. The molecule has 2 bridgehead atoms. The number of hydrogen-bond acceptors (Lipinski definition) is 4. The van der Waals surface area contributed by atoms with Crippen LogP contribution < -0.4 is 4.90 Å². The van der Waals surface area contributed by atoms with Gasteiger partial charge in [0.1, 0.15) is 0 Å². The molecular weight excluding hydrogens is 414 g/mol. The summed E-state index contributed by atoms with van der Waals surface area (Å²) >= 11 is 0. The van der Waals surface area contributed by atoms with E-state index in [1.807, 2.05) is 17.9 Å². The SMILES string of the molecule is CCCOC(=O)N1C2CCC(N3CCC4(CC3)CN(C(C)=O)c3ccccc34)CCC1CC2. The van der Waals surface area contributed by atoms with Crippen molar-refractivity contribution in [3.05, 3.63) is 29.8 Å². The van der Waals surface area contributed by atoms with E-state index in [-0.39, 0.29) is 17.4 Å². The van der Waals surface area contributed by atoms with Crippen LogP contribution in [0, 0.1) is 0 Å². The summed E-state index contributed by atoms with van der Waals surface area (Å²) in [5.74, 6) is 0.152. The molecule has 0 radical (unpaired) electrons. The van der Waals surface area contributed by atoms with Gasteiger partial charge in [-0.2, -0.15) is 0 Å². The Kier molecular flexibility index (Phi) is 6.39. The van der Waals surface area contributed by atoms with Crippen molar-refractivity contribution in [3.8, 4) is 0 Å². The molecule has 1 spiro atoms. The first kappa shape index (κ1) is 22.7. The first-order valence-corrected chi connectivity index (χ1v) is 13.1. The fraction of sp³-hybridized carbons (Fsp3) is 0.704. The summed E-state index contributed by atoms with van der Waals surface area (Å²) in [5, 5.41) is 0. The number of benzene rings is 1. The third-order valence-corrected chi connectivity index (χ3v) is 8.81. The number of para-hydroxylation sites is 1. The molecule has 2 amide bonds. The van der Waals surface area contributed by atoms with Gasteiger partial charge < -0.3 is 19.4 Å². The van der Waals surface area contributed by atoms with E-state index >= 15 is 0 Å². The van der Waals surface area contributed by atoms with E-state index in [2.05, 4.69) is 28.0 Å². The molecule has 4 heterocycles. The summed E-state index contributed by atoms with van der Waals surface area (Å²) in [5.41, 5.74) is 2.60. The minimum absolute atomic E-state index is 0.0855. The maximum absolute atomic E-state index is 12.7. The third-order valence-electron chi connectivity index (χ3n) is 8.81. The number of amides is 2. The molecule has 0 saturated carbocycles. The van der Waals surface area contributed by atoms with Crippen LogP contribution in [0.2, 0.25) is 0 Å². The molecule has 4 aliphatic heterocycles. The number of fused-ring (bicyclic) bond motifs is 4. The number of carbonyl (C=O) groups is 2. The van der Waals surface area contributed by atoms with E-state index in [9.17, 15) is 9.59 Å². The highest BCUT2D eigenvalue weighted by Gasteiger charge is 2.47. The van der Waals surface area contributed by atoms with Gasteiger partial charge in [0.05, 0.1) is 6.61 Å². The first-order valence-electron chi connectivity index (χ1n) is 13.1. The van der Waals surface area contributed by atoms with E-state index in [1.54, 1.807) is 6.92 Å². The molecule has 3 fully saturated rings. The van der Waals surface area contributed by atoms with Crippen LogP contribution in [-0.2, 0) is 14.9 Å². The zero-order valence-electron chi connectivity index (χ0n) is 20.3.